The molecule has 0 aliphatic rings. The average Bonchev–Trinajstić information content (AvgIpc) is 2.20. The Hall–Kier alpha value is -0.810. The Morgan fingerprint density at radius 2 is 2.47 bits per heavy atom. The maximum atomic E-state index is 11.0. The molecule has 0 radical (unpaired) electrons. The SMILES string of the molecule is CCOC(=O)CNc1cc(Br)c(Cl)cn1. The van der Waals surface area contributed by atoms with Gasteiger partial charge in [0.2, 0.25) is 0 Å². The van der Waals surface area contributed by atoms with Crippen molar-refractivity contribution < 1.29 is 9.53 Å². The van der Waals surface area contributed by atoms with E-state index in [0.717, 1.165) is 4.47 Å². The standard InChI is InChI=1S/C9H10BrClN2O2/c1-2-15-9(14)5-13-8-3-6(10)7(11)4-12-8/h3-4H,2,5H2,1H3,(H,12,13). The number of carbonyl (C=O) groups excluding carboxylic acids is 1. The number of esters is 1. The van der Waals surface area contributed by atoms with Crippen molar-refractivity contribution in [3.8, 4) is 0 Å². The van der Waals surface area contributed by atoms with Crippen molar-refractivity contribution in [1.82, 2.24) is 4.98 Å². The second-order valence-corrected chi connectivity index (χ2v) is 3.90. The number of halogens is 2. The van der Waals surface area contributed by atoms with Crippen molar-refractivity contribution in [2.45, 2.75) is 6.92 Å². The van der Waals surface area contributed by atoms with E-state index < -0.39 is 0 Å². The van der Waals surface area contributed by atoms with Crippen LogP contribution >= 0.6 is 27.5 Å². The van der Waals surface area contributed by atoms with Gasteiger partial charge in [0.15, 0.2) is 0 Å². The number of aromatic nitrogens is 1. The molecule has 0 saturated heterocycles. The predicted octanol–water partition coefficient (Wildman–Crippen LogP) is 2.47. The number of nitrogens with one attached hydrogen (secondary N) is 1. The van der Waals surface area contributed by atoms with E-state index in [1.54, 1.807) is 13.0 Å². The molecule has 0 aromatic carbocycles. The van der Waals surface area contributed by atoms with Crippen LogP contribution in [0.3, 0.4) is 0 Å². The molecule has 0 amide bonds. The topological polar surface area (TPSA) is 51.2 Å². The van der Waals surface area contributed by atoms with Gasteiger partial charge in [0.25, 0.3) is 0 Å². The van der Waals surface area contributed by atoms with Crippen LogP contribution in [0.5, 0.6) is 0 Å². The lowest BCUT2D eigenvalue weighted by molar-refractivity contribution is -0.140. The molecular formula is C9H10BrClN2O2. The molecule has 82 valence electrons. The minimum atomic E-state index is -0.314. The molecule has 0 saturated carbocycles. The van der Waals surface area contributed by atoms with Gasteiger partial charge in [0.1, 0.15) is 12.4 Å². The largest absolute Gasteiger partial charge is 0.465 e. The monoisotopic (exact) mass is 292 g/mol. The van der Waals surface area contributed by atoms with Crippen molar-refractivity contribution in [1.29, 1.82) is 0 Å². The van der Waals surface area contributed by atoms with E-state index in [2.05, 4.69) is 26.2 Å². The van der Waals surface area contributed by atoms with Crippen LogP contribution in [0.25, 0.3) is 0 Å². The van der Waals surface area contributed by atoms with E-state index in [1.165, 1.54) is 6.20 Å². The maximum absolute atomic E-state index is 11.0. The molecule has 0 aliphatic carbocycles. The molecule has 0 spiro atoms. The van der Waals surface area contributed by atoms with E-state index in [4.69, 9.17) is 16.3 Å². The quantitative estimate of drug-likeness (QED) is 0.867. The molecule has 1 N–H and O–H groups in total. The highest BCUT2D eigenvalue weighted by molar-refractivity contribution is 9.10. The molecule has 4 nitrogen and oxygen atoms in total. The Morgan fingerprint density at radius 1 is 1.73 bits per heavy atom. The minimum Gasteiger partial charge on any atom is -0.465 e. The van der Waals surface area contributed by atoms with Gasteiger partial charge in [-0.05, 0) is 28.9 Å². The molecule has 1 aromatic rings. The smallest absolute Gasteiger partial charge is 0.325 e. The summed E-state index contributed by atoms with van der Waals surface area (Å²) in [5.41, 5.74) is 0. The summed E-state index contributed by atoms with van der Waals surface area (Å²) in [6.45, 7) is 2.22. The zero-order valence-corrected chi connectivity index (χ0v) is 10.4. The Balaban J connectivity index is 2.51. The van der Waals surface area contributed by atoms with Crippen LogP contribution in [-0.2, 0) is 9.53 Å². The first-order valence-electron chi connectivity index (χ1n) is 4.34. The van der Waals surface area contributed by atoms with Crippen LogP contribution in [0.2, 0.25) is 5.02 Å². The third-order valence-electron chi connectivity index (χ3n) is 1.53. The van der Waals surface area contributed by atoms with Crippen LogP contribution in [0, 0.1) is 0 Å². The Morgan fingerprint density at radius 3 is 3.07 bits per heavy atom. The molecule has 6 heteroatoms. The van der Waals surface area contributed by atoms with Gasteiger partial charge in [-0.15, -0.1) is 0 Å². The zero-order valence-electron chi connectivity index (χ0n) is 8.09. The number of hydrogen-bond donors (Lipinski definition) is 1. The lowest BCUT2D eigenvalue weighted by atomic mass is 10.4. The van der Waals surface area contributed by atoms with E-state index in [0.29, 0.717) is 17.4 Å². The molecule has 1 rings (SSSR count). The van der Waals surface area contributed by atoms with Crippen molar-refractivity contribution in [2.75, 3.05) is 18.5 Å². The summed E-state index contributed by atoms with van der Waals surface area (Å²) < 4.78 is 5.48. The number of ether oxygens (including phenoxy) is 1. The highest BCUT2D eigenvalue weighted by Crippen LogP contribution is 2.23. The number of pyridine rings is 1. The Kier molecular flexibility index (Phi) is 4.84. The number of carbonyl (C=O) groups is 1. The average molecular weight is 294 g/mol. The van der Waals surface area contributed by atoms with Crippen LogP contribution in [0.15, 0.2) is 16.7 Å². The number of anilines is 1. The second kappa shape index (κ2) is 5.92. The summed E-state index contributed by atoms with van der Waals surface area (Å²) in [6, 6.07) is 1.70. The van der Waals surface area contributed by atoms with Crippen LogP contribution < -0.4 is 5.32 Å². The fraction of sp³-hybridized carbons (Fsp3) is 0.333. The Labute approximate surface area is 101 Å². The normalized spacial score (nSPS) is 9.80. The summed E-state index contributed by atoms with van der Waals surface area (Å²) in [7, 11) is 0. The lowest BCUT2D eigenvalue weighted by Gasteiger charge is -2.05. The van der Waals surface area contributed by atoms with E-state index in [-0.39, 0.29) is 12.5 Å². The number of rotatable bonds is 4. The number of nitrogens with zero attached hydrogens (tertiary/aromatic N) is 1. The van der Waals surface area contributed by atoms with Gasteiger partial charge >= 0.3 is 5.97 Å². The second-order valence-electron chi connectivity index (χ2n) is 2.64. The highest BCUT2D eigenvalue weighted by atomic mass is 79.9. The van der Waals surface area contributed by atoms with Gasteiger partial charge in [-0.2, -0.15) is 0 Å². The fourth-order valence-corrected chi connectivity index (χ4v) is 1.31. The summed E-state index contributed by atoms with van der Waals surface area (Å²) in [4.78, 5) is 15.0. The first-order valence-corrected chi connectivity index (χ1v) is 5.51. The van der Waals surface area contributed by atoms with Crippen LogP contribution in [0.4, 0.5) is 5.82 Å². The van der Waals surface area contributed by atoms with E-state index in [1.807, 2.05) is 0 Å². The minimum absolute atomic E-state index is 0.0922. The van der Waals surface area contributed by atoms with Crippen molar-refractivity contribution in [2.24, 2.45) is 0 Å². The molecule has 1 heterocycles. The first-order chi connectivity index (χ1) is 7.13. The zero-order chi connectivity index (χ0) is 11.3. The van der Waals surface area contributed by atoms with Gasteiger partial charge in [0.05, 0.1) is 11.6 Å². The molecule has 0 fully saturated rings. The van der Waals surface area contributed by atoms with E-state index in [9.17, 15) is 4.79 Å². The third kappa shape index (κ3) is 4.05. The van der Waals surface area contributed by atoms with Crippen LogP contribution in [0.1, 0.15) is 6.92 Å². The van der Waals surface area contributed by atoms with Gasteiger partial charge in [0, 0.05) is 10.7 Å². The highest BCUT2D eigenvalue weighted by Gasteiger charge is 2.03. The molecular weight excluding hydrogens is 283 g/mol. The molecule has 0 aliphatic heterocycles. The summed E-state index contributed by atoms with van der Waals surface area (Å²) in [5, 5.41) is 3.35. The molecule has 0 atom stereocenters. The molecule has 15 heavy (non-hydrogen) atoms. The lowest BCUT2D eigenvalue weighted by Crippen LogP contribution is -2.17. The van der Waals surface area contributed by atoms with Crippen LogP contribution in [-0.4, -0.2) is 24.1 Å². The third-order valence-corrected chi connectivity index (χ3v) is 2.71. The van der Waals surface area contributed by atoms with Crippen molar-refractivity contribution in [3.63, 3.8) is 0 Å². The van der Waals surface area contributed by atoms with Crippen molar-refractivity contribution in [3.05, 3.63) is 21.8 Å². The fourth-order valence-electron chi connectivity index (χ4n) is 0.886. The van der Waals surface area contributed by atoms with Gasteiger partial charge in [-0.25, -0.2) is 4.98 Å². The first kappa shape index (κ1) is 12.3. The predicted molar refractivity (Wildman–Crippen MR) is 62.1 cm³/mol. The Bertz CT molecular complexity index is 360. The van der Waals surface area contributed by atoms with Gasteiger partial charge < -0.3 is 10.1 Å². The molecule has 1 aromatic heterocycles. The maximum Gasteiger partial charge on any atom is 0.325 e. The molecule has 0 bridgehead atoms. The summed E-state index contributed by atoms with van der Waals surface area (Å²) >= 11 is 9.02. The number of hydrogen-bond acceptors (Lipinski definition) is 4. The summed E-state index contributed by atoms with van der Waals surface area (Å²) in [5.74, 6) is 0.254. The molecule has 0 unspecified atom stereocenters. The van der Waals surface area contributed by atoms with Gasteiger partial charge in [-0.1, -0.05) is 11.6 Å². The summed E-state index contributed by atoms with van der Waals surface area (Å²) in [6.07, 6.45) is 1.50. The van der Waals surface area contributed by atoms with Crippen molar-refractivity contribution >= 4 is 39.3 Å². The van der Waals surface area contributed by atoms with E-state index >= 15 is 0 Å². The van der Waals surface area contributed by atoms with Gasteiger partial charge in [-0.3, -0.25) is 4.79 Å².